The topological polar surface area (TPSA) is 71.0 Å². The van der Waals surface area contributed by atoms with Crippen molar-refractivity contribution in [1.29, 1.82) is 0 Å². The second-order valence-corrected chi connectivity index (χ2v) is 7.92. The van der Waals surface area contributed by atoms with Gasteiger partial charge in [-0.3, -0.25) is 5.10 Å². The third-order valence-corrected chi connectivity index (χ3v) is 5.83. The average molecular weight is 406 g/mol. The number of ether oxygens (including phenoxy) is 1. The van der Waals surface area contributed by atoms with Gasteiger partial charge in [0.05, 0.1) is 17.5 Å². The molecule has 0 aliphatic carbocycles. The lowest BCUT2D eigenvalue weighted by molar-refractivity contribution is 0.301. The van der Waals surface area contributed by atoms with Gasteiger partial charge in [-0.1, -0.05) is 36.8 Å². The van der Waals surface area contributed by atoms with E-state index in [4.69, 9.17) is 4.74 Å². The second kappa shape index (κ2) is 8.09. The van der Waals surface area contributed by atoms with Crippen LogP contribution in [0.1, 0.15) is 29.3 Å². The Morgan fingerprint density at radius 3 is 2.59 bits per heavy atom. The van der Waals surface area contributed by atoms with E-state index in [0.717, 1.165) is 39.5 Å². The summed E-state index contributed by atoms with van der Waals surface area (Å²) in [6, 6.07) is 11.9. The van der Waals surface area contributed by atoms with E-state index in [1.54, 1.807) is 23.6 Å². The first-order valence-corrected chi connectivity index (χ1v) is 10.4. The van der Waals surface area contributed by atoms with Gasteiger partial charge in [0, 0.05) is 22.7 Å². The second-order valence-electron chi connectivity index (χ2n) is 7.06. The van der Waals surface area contributed by atoms with Crippen LogP contribution in [0.15, 0.2) is 48.0 Å². The molecular formula is C23H23N3O2S. The van der Waals surface area contributed by atoms with Crippen LogP contribution in [0.3, 0.4) is 0 Å². The summed E-state index contributed by atoms with van der Waals surface area (Å²) < 4.78 is 6.03. The number of phenolic OH excluding ortho intramolecular Hbond substituents is 1. The lowest BCUT2D eigenvalue weighted by atomic mass is 10.0. The quantitative estimate of drug-likeness (QED) is 0.434. The number of rotatable bonds is 6. The molecule has 0 unspecified atom stereocenters. The Kier molecular flexibility index (Phi) is 5.36. The van der Waals surface area contributed by atoms with Gasteiger partial charge >= 0.3 is 0 Å². The minimum absolute atomic E-state index is 0.153. The van der Waals surface area contributed by atoms with Crippen molar-refractivity contribution in [2.45, 2.75) is 33.8 Å². The van der Waals surface area contributed by atoms with Crippen molar-refractivity contribution in [3.8, 4) is 33.3 Å². The molecule has 0 saturated heterocycles. The number of nitrogens with one attached hydrogen (secondary N) is 1. The van der Waals surface area contributed by atoms with E-state index < -0.39 is 0 Å². The van der Waals surface area contributed by atoms with Crippen molar-refractivity contribution >= 4 is 11.3 Å². The molecule has 29 heavy (non-hydrogen) atoms. The Balaban J connectivity index is 1.65. The van der Waals surface area contributed by atoms with Crippen molar-refractivity contribution in [3.63, 3.8) is 0 Å². The zero-order chi connectivity index (χ0) is 20.4. The molecule has 2 heterocycles. The smallest absolute Gasteiger partial charge is 0.128 e. The van der Waals surface area contributed by atoms with Crippen molar-refractivity contribution in [3.05, 3.63) is 70.4 Å². The number of H-pyrrole nitrogens is 1. The van der Waals surface area contributed by atoms with Crippen molar-refractivity contribution in [2.24, 2.45) is 0 Å². The molecule has 0 amide bonds. The first-order chi connectivity index (χ1) is 14.0. The molecule has 4 rings (SSSR count). The molecular weight excluding hydrogens is 382 g/mol. The number of aromatic nitrogens is 3. The van der Waals surface area contributed by atoms with Crippen molar-refractivity contribution < 1.29 is 9.84 Å². The number of aryl methyl sites for hydroxylation is 3. The summed E-state index contributed by atoms with van der Waals surface area (Å²) >= 11 is 1.56. The average Bonchev–Trinajstić information content (AvgIpc) is 3.36. The number of hydrogen-bond donors (Lipinski definition) is 2. The van der Waals surface area contributed by atoms with Crippen molar-refractivity contribution in [1.82, 2.24) is 15.2 Å². The van der Waals surface area contributed by atoms with Gasteiger partial charge in [0.25, 0.3) is 0 Å². The Morgan fingerprint density at radius 1 is 1.10 bits per heavy atom. The van der Waals surface area contributed by atoms with Crippen LogP contribution < -0.4 is 4.74 Å². The van der Waals surface area contributed by atoms with Crippen LogP contribution in [0.4, 0.5) is 0 Å². The van der Waals surface area contributed by atoms with Gasteiger partial charge in [0.2, 0.25) is 0 Å². The highest BCUT2D eigenvalue weighted by atomic mass is 32.1. The Hall–Kier alpha value is -3.12. The molecule has 2 N–H and O–H groups in total. The number of aromatic hydroxyl groups is 1. The number of aromatic amines is 1. The molecule has 2 aromatic heterocycles. The molecule has 0 fully saturated rings. The van der Waals surface area contributed by atoms with Gasteiger partial charge < -0.3 is 9.84 Å². The molecule has 0 aliphatic rings. The Labute approximate surface area is 174 Å². The van der Waals surface area contributed by atoms with Crippen LogP contribution >= 0.6 is 11.3 Å². The van der Waals surface area contributed by atoms with E-state index in [0.29, 0.717) is 17.9 Å². The maximum Gasteiger partial charge on any atom is 0.128 e. The first-order valence-electron chi connectivity index (χ1n) is 9.55. The number of benzene rings is 2. The molecule has 0 saturated carbocycles. The van der Waals surface area contributed by atoms with Gasteiger partial charge in [-0.2, -0.15) is 5.10 Å². The number of nitrogens with zero attached hydrogens (tertiary/aromatic N) is 2. The minimum Gasteiger partial charge on any atom is -0.507 e. The highest BCUT2D eigenvalue weighted by Gasteiger charge is 2.18. The minimum atomic E-state index is 0.153. The SMILES string of the molecule is CCc1cc(-c2[nH]ncc2-c2nc(C)cs2)c(O)cc1OCc1ccc(C)cc1. The summed E-state index contributed by atoms with van der Waals surface area (Å²) in [4.78, 5) is 4.55. The zero-order valence-electron chi connectivity index (χ0n) is 16.7. The predicted molar refractivity (Wildman–Crippen MR) is 116 cm³/mol. The fourth-order valence-corrected chi connectivity index (χ4v) is 4.01. The van der Waals surface area contributed by atoms with Gasteiger partial charge in [-0.05, 0) is 37.5 Å². The van der Waals surface area contributed by atoms with Crippen LogP contribution in [0.2, 0.25) is 0 Å². The molecule has 0 spiro atoms. The van der Waals surface area contributed by atoms with Gasteiger partial charge in [-0.15, -0.1) is 11.3 Å². The van der Waals surface area contributed by atoms with Gasteiger partial charge in [-0.25, -0.2) is 4.98 Å². The standard InChI is InChI=1S/C23H23N3O2S/c1-4-17-9-18(22-19(11-24-26-22)23-25-15(3)13-29-23)20(27)10-21(17)28-12-16-7-5-14(2)6-8-16/h5-11,13,27H,4,12H2,1-3H3,(H,24,26). The Bertz CT molecular complexity index is 1130. The molecule has 4 aromatic rings. The summed E-state index contributed by atoms with van der Waals surface area (Å²) in [5, 5.41) is 20.8. The van der Waals surface area contributed by atoms with Crippen LogP contribution in [-0.2, 0) is 13.0 Å². The third kappa shape index (κ3) is 4.03. The van der Waals surface area contributed by atoms with E-state index in [-0.39, 0.29) is 5.75 Å². The number of thiazole rings is 1. The Morgan fingerprint density at radius 2 is 1.90 bits per heavy atom. The normalized spacial score (nSPS) is 11.0. The third-order valence-electron chi connectivity index (χ3n) is 4.83. The highest BCUT2D eigenvalue weighted by Crippen LogP contribution is 2.40. The lowest BCUT2D eigenvalue weighted by Crippen LogP contribution is -1.99. The van der Waals surface area contributed by atoms with E-state index in [1.807, 2.05) is 18.4 Å². The molecule has 0 aliphatic heterocycles. The molecule has 6 heteroatoms. The molecule has 148 valence electrons. The molecule has 2 aromatic carbocycles. The summed E-state index contributed by atoms with van der Waals surface area (Å²) in [5.74, 6) is 0.848. The van der Waals surface area contributed by atoms with E-state index in [9.17, 15) is 5.11 Å². The molecule has 0 bridgehead atoms. The molecule has 5 nitrogen and oxygen atoms in total. The van der Waals surface area contributed by atoms with Crippen LogP contribution in [-0.4, -0.2) is 20.3 Å². The number of phenols is 1. The molecule has 0 radical (unpaired) electrons. The lowest BCUT2D eigenvalue weighted by Gasteiger charge is -2.14. The van der Waals surface area contributed by atoms with E-state index >= 15 is 0 Å². The molecule has 0 atom stereocenters. The van der Waals surface area contributed by atoms with Crippen LogP contribution in [0, 0.1) is 13.8 Å². The predicted octanol–water partition coefficient (Wildman–Crippen LogP) is 5.66. The van der Waals surface area contributed by atoms with E-state index in [1.165, 1.54) is 5.56 Å². The zero-order valence-corrected chi connectivity index (χ0v) is 17.5. The van der Waals surface area contributed by atoms with Crippen molar-refractivity contribution in [2.75, 3.05) is 0 Å². The maximum atomic E-state index is 10.7. The summed E-state index contributed by atoms with van der Waals surface area (Å²) in [7, 11) is 0. The fraction of sp³-hybridized carbons (Fsp3) is 0.217. The summed E-state index contributed by atoms with van der Waals surface area (Å²) in [6.07, 6.45) is 2.54. The van der Waals surface area contributed by atoms with Crippen LogP contribution in [0.5, 0.6) is 11.5 Å². The monoisotopic (exact) mass is 405 g/mol. The first kappa shape index (κ1) is 19.2. The van der Waals surface area contributed by atoms with Crippen LogP contribution in [0.25, 0.3) is 21.8 Å². The van der Waals surface area contributed by atoms with Gasteiger partial charge in [0.15, 0.2) is 0 Å². The summed E-state index contributed by atoms with van der Waals surface area (Å²) in [6.45, 7) is 6.56. The summed E-state index contributed by atoms with van der Waals surface area (Å²) in [5.41, 5.74) is 6.65. The number of hydrogen-bond acceptors (Lipinski definition) is 5. The van der Waals surface area contributed by atoms with E-state index in [2.05, 4.69) is 53.3 Å². The highest BCUT2D eigenvalue weighted by molar-refractivity contribution is 7.13. The van der Waals surface area contributed by atoms with Gasteiger partial charge in [0.1, 0.15) is 23.1 Å². The maximum absolute atomic E-state index is 10.7. The fourth-order valence-electron chi connectivity index (χ4n) is 3.20. The largest absolute Gasteiger partial charge is 0.507 e.